The van der Waals surface area contributed by atoms with Crippen LogP contribution in [0.25, 0.3) is 0 Å². The molecule has 20 heavy (non-hydrogen) atoms. The second kappa shape index (κ2) is 5.58. The van der Waals surface area contributed by atoms with E-state index in [1.54, 1.807) is 20.0 Å². The van der Waals surface area contributed by atoms with Crippen molar-refractivity contribution in [1.29, 1.82) is 0 Å². The first-order valence-corrected chi connectivity index (χ1v) is 7.13. The number of hydrogen-bond acceptors (Lipinski definition) is 4. The maximum Gasteiger partial charge on any atom is 0.337 e. The lowest BCUT2D eigenvalue weighted by Crippen LogP contribution is -2.27. The van der Waals surface area contributed by atoms with Gasteiger partial charge in [-0.05, 0) is 19.4 Å². The Labute approximate surface area is 120 Å². The molecule has 1 atom stereocenters. The molecule has 0 saturated heterocycles. The Morgan fingerprint density at radius 3 is 2.75 bits per heavy atom. The Kier molecular flexibility index (Phi) is 4.04. The number of carbonyl (C=O) groups is 1. The fourth-order valence-electron chi connectivity index (χ4n) is 2.30. The summed E-state index contributed by atoms with van der Waals surface area (Å²) in [7, 11) is 0. The van der Waals surface area contributed by atoms with Gasteiger partial charge in [0, 0.05) is 35.8 Å². The molecule has 2 rings (SSSR count). The van der Waals surface area contributed by atoms with Crippen molar-refractivity contribution in [1.82, 2.24) is 9.55 Å². The van der Waals surface area contributed by atoms with Crippen LogP contribution in [-0.2, 0) is 6.54 Å². The van der Waals surface area contributed by atoms with E-state index in [1.807, 2.05) is 12.3 Å². The molecule has 0 saturated carbocycles. The molecule has 0 aliphatic heterocycles. The Morgan fingerprint density at radius 2 is 2.20 bits per heavy atom. The monoisotopic (exact) mass is 292 g/mol. The van der Waals surface area contributed by atoms with E-state index in [-0.39, 0.29) is 17.0 Å². The number of rotatable bonds is 4. The van der Waals surface area contributed by atoms with Gasteiger partial charge in [-0.15, -0.1) is 11.3 Å². The molecule has 0 radical (unpaired) electrons. The lowest BCUT2D eigenvalue weighted by Gasteiger charge is -2.16. The van der Waals surface area contributed by atoms with Crippen LogP contribution in [0.4, 0.5) is 0 Å². The minimum absolute atomic E-state index is 0.0655. The van der Waals surface area contributed by atoms with E-state index < -0.39 is 5.97 Å². The highest BCUT2D eigenvalue weighted by atomic mass is 32.1. The molecule has 1 N–H and O–H groups in total. The summed E-state index contributed by atoms with van der Waals surface area (Å²) in [6.45, 7) is 5.72. The SMILES string of the molecule is Cc1cc(=O)n(CC(C)c2nccs2)c(C)c1C(=O)O. The molecule has 2 aromatic rings. The maximum atomic E-state index is 12.1. The number of aromatic nitrogens is 2. The average Bonchev–Trinajstić information content (AvgIpc) is 2.87. The van der Waals surface area contributed by atoms with E-state index in [2.05, 4.69) is 4.98 Å². The van der Waals surface area contributed by atoms with Gasteiger partial charge in [-0.2, -0.15) is 0 Å². The zero-order valence-corrected chi connectivity index (χ0v) is 12.4. The molecular formula is C14H16N2O3S. The number of carboxylic acids is 1. The third-order valence-electron chi connectivity index (χ3n) is 3.31. The van der Waals surface area contributed by atoms with Crippen molar-refractivity contribution in [3.8, 4) is 0 Å². The summed E-state index contributed by atoms with van der Waals surface area (Å²) in [4.78, 5) is 27.6. The standard InChI is InChI=1S/C14H16N2O3S/c1-8-6-11(17)16(10(3)12(8)14(18)19)7-9(2)13-15-4-5-20-13/h4-6,9H,7H2,1-3H3,(H,18,19). The summed E-state index contributed by atoms with van der Waals surface area (Å²) in [5.74, 6) is -0.939. The van der Waals surface area contributed by atoms with E-state index in [4.69, 9.17) is 0 Å². The minimum Gasteiger partial charge on any atom is -0.478 e. The lowest BCUT2D eigenvalue weighted by atomic mass is 10.1. The van der Waals surface area contributed by atoms with Crippen LogP contribution in [0.15, 0.2) is 22.4 Å². The van der Waals surface area contributed by atoms with Crippen LogP contribution in [0.2, 0.25) is 0 Å². The minimum atomic E-state index is -1.00. The topological polar surface area (TPSA) is 72.2 Å². The molecule has 0 aliphatic carbocycles. The molecule has 2 heterocycles. The van der Waals surface area contributed by atoms with Crippen molar-refractivity contribution in [2.45, 2.75) is 33.2 Å². The molecule has 0 fully saturated rings. The van der Waals surface area contributed by atoms with Gasteiger partial charge in [0.2, 0.25) is 0 Å². The van der Waals surface area contributed by atoms with Gasteiger partial charge in [-0.3, -0.25) is 4.79 Å². The first-order valence-electron chi connectivity index (χ1n) is 6.25. The third-order valence-corrected chi connectivity index (χ3v) is 4.32. The predicted octanol–water partition coefficient (Wildman–Crippen LogP) is 2.42. The lowest BCUT2D eigenvalue weighted by molar-refractivity contribution is 0.0694. The second-order valence-electron chi connectivity index (χ2n) is 4.81. The zero-order valence-electron chi connectivity index (χ0n) is 11.6. The molecular weight excluding hydrogens is 276 g/mol. The van der Waals surface area contributed by atoms with Gasteiger partial charge >= 0.3 is 5.97 Å². The highest BCUT2D eigenvalue weighted by Crippen LogP contribution is 2.20. The number of pyridine rings is 1. The van der Waals surface area contributed by atoms with Gasteiger partial charge < -0.3 is 9.67 Å². The highest BCUT2D eigenvalue weighted by molar-refractivity contribution is 7.09. The summed E-state index contributed by atoms with van der Waals surface area (Å²) in [6.07, 6.45) is 1.73. The van der Waals surface area contributed by atoms with E-state index in [9.17, 15) is 14.7 Å². The number of thiazole rings is 1. The summed E-state index contributed by atoms with van der Waals surface area (Å²) in [5, 5.41) is 12.1. The van der Waals surface area contributed by atoms with Crippen LogP contribution in [0.5, 0.6) is 0 Å². The third kappa shape index (κ3) is 2.65. The Morgan fingerprint density at radius 1 is 1.50 bits per heavy atom. The number of nitrogens with zero attached hydrogens (tertiary/aromatic N) is 2. The molecule has 0 aliphatic rings. The molecule has 5 nitrogen and oxygen atoms in total. The van der Waals surface area contributed by atoms with E-state index in [0.717, 1.165) is 5.01 Å². The van der Waals surface area contributed by atoms with Crippen LogP contribution >= 0.6 is 11.3 Å². The Hall–Kier alpha value is -1.95. The van der Waals surface area contributed by atoms with Gasteiger partial charge in [0.05, 0.1) is 10.6 Å². The quantitative estimate of drug-likeness (QED) is 0.939. The molecule has 106 valence electrons. The van der Waals surface area contributed by atoms with E-state index in [0.29, 0.717) is 17.8 Å². The highest BCUT2D eigenvalue weighted by Gasteiger charge is 2.18. The fourth-order valence-corrected chi connectivity index (χ4v) is 2.99. The van der Waals surface area contributed by atoms with Gasteiger partial charge in [0.25, 0.3) is 5.56 Å². The first-order chi connectivity index (χ1) is 9.41. The summed E-state index contributed by atoms with van der Waals surface area (Å²) < 4.78 is 1.52. The Balaban J connectivity index is 2.44. The smallest absolute Gasteiger partial charge is 0.337 e. The summed E-state index contributed by atoms with van der Waals surface area (Å²) in [5.41, 5.74) is 1.02. The van der Waals surface area contributed by atoms with Gasteiger partial charge in [-0.1, -0.05) is 6.92 Å². The van der Waals surface area contributed by atoms with Crippen molar-refractivity contribution in [3.63, 3.8) is 0 Å². The fraction of sp³-hybridized carbons (Fsp3) is 0.357. The molecule has 0 aromatic carbocycles. The van der Waals surface area contributed by atoms with Crippen molar-refractivity contribution in [2.24, 2.45) is 0 Å². The van der Waals surface area contributed by atoms with Gasteiger partial charge in [-0.25, -0.2) is 9.78 Å². The maximum absolute atomic E-state index is 12.1. The summed E-state index contributed by atoms with van der Waals surface area (Å²) >= 11 is 1.53. The molecule has 1 unspecified atom stereocenters. The molecule has 0 spiro atoms. The van der Waals surface area contributed by atoms with Crippen LogP contribution in [0.3, 0.4) is 0 Å². The van der Waals surface area contributed by atoms with Crippen LogP contribution in [0, 0.1) is 13.8 Å². The van der Waals surface area contributed by atoms with Crippen LogP contribution in [0.1, 0.15) is 39.5 Å². The van der Waals surface area contributed by atoms with E-state index >= 15 is 0 Å². The van der Waals surface area contributed by atoms with Crippen LogP contribution in [-0.4, -0.2) is 20.6 Å². The molecule has 6 heteroatoms. The molecule has 0 bridgehead atoms. The second-order valence-corrected chi connectivity index (χ2v) is 5.74. The van der Waals surface area contributed by atoms with Crippen molar-refractivity contribution < 1.29 is 9.90 Å². The Bertz CT molecular complexity index is 689. The normalized spacial score (nSPS) is 12.3. The largest absolute Gasteiger partial charge is 0.478 e. The van der Waals surface area contributed by atoms with Crippen molar-refractivity contribution in [3.05, 3.63) is 49.8 Å². The van der Waals surface area contributed by atoms with Crippen molar-refractivity contribution >= 4 is 17.3 Å². The molecule has 0 amide bonds. The van der Waals surface area contributed by atoms with Crippen LogP contribution < -0.4 is 5.56 Å². The number of hydrogen-bond donors (Lipinski definition) is 1. The number of aromatic carboxylic acids is 1. The molecule has 2 aromatic heterocycles. The first kappa shape index (κ1) is 14.5. The van der Waals surface area contributed by atoms with Gasteiger partial charge in [0.1, 0.15) is 0 Å². The summed E-state index contributed by atoms with van der Waals surface area (Å²) in [6, 6.07) is 1.38. The average molecular weight is 292 g/mol. The number of carboxylic acid groups (broad SMARTS) is 1. The van der Waals surface area contributed by atoms with Crippen molar-refractivity contribution in [2.75, 3.05) is 0 Å². The predicted molar refractivity (Wildman–Crippen MR) is 77.7 cm³/mol. The van der Waals surface area contributed by atoms with Gasteiger partial charge in [0.15, 0.2) is 0 Å². The zero-order chi connectivity index (χ0) is 14.9. The van der Waals surface area contributed by atoms with E-state index in [1.165, 1.54) is 22.0 Å². The number of aryl methyl sites for hydroxylation is 1.